The summed E-state index contributed by atoms with van der Waals surface area (Å²) in [4.78, 5) is 0. The molecule has 4 N–H and O–H groups in total. The fourth-order valence-electron chi connectivity index (χ4n) is 0. The Labute approximate surface area is 47.2 Å². The summed E-state index contributed by atoms with van der Waals surface area (Å²) in [6.07, 6.45) is 0. The van der Waals surface area contributed by atoms with E-state index in [2.05, 4.69) is 9.69 Å². The minimum Gasteiger partial charge on any atom is -0.693 e. The smallest absolute Gasteiger partial charge is 0.693 e. The third-order valence-corrected chi connectivity index (χ3v) is 0. The van der Waals surface area contributed by atoms with Crippen molar-refractivity contribution in [1.29, 1.82) is 0 Å². The summed E-state index contributed by atoms with van der Waals surface area (Å²) in [7, 11) is 4.57. The van der Waals surface area contributed by atoms with Gasteiger partial charge >= 0.3 is 27.0 Å². The molecule has 0 atom stereocenters. The van der Waals surface area contributed by atoms with Crippen LogP contribution in [0.5, 0.6) is 0 Å². The molecule has 0 aliphatic heterocycles. The van der Waals surface area contributed by atoms with Gasteiger partial charge in [-0.3, -0.25) is 0 Å². The molecule has 0 saturated heterocycles. The Hall–Kier alpha value is 0.833. The summed E-state index contributed by atoms with van der Waals surface area (Å²) >= 11 is 1.82. The Morgan fingerprint density at radius 1 is 1.00 bits per heavy atom. The largest absolute Gasteiger partial charge is 0.693 e. The molecule has 0 spiro atoms. The second-order valence-electron chi connectivity index (χ2n) is 0. The van der Waals surface area contributed by atoms with E-state index in [0.29, 0.717) is 0 Å². The number of nitrogens with two attached hydrogens (primary N) is 2. The first kappa shape index (κ1) is 40.5. The van der Waals surface area contributed by atoms with Gasteiger partial charge < -0.3 is 19.7 Å². The molecule has 0 rings (SSSR count). The topological polar surface area (TPSA) is 67.0 Å². The third kappa shape index (κ3) is 55.9. The Morgan fingerprint density at radius 3 is 1.00 bits per heavy atom. The van der Waals surface area contributed by atoms with Crippen LogP contribution in [0.4, 0.5) is 0 Å². The van der Waals surface area contributed by atoms with Gasteiger partial charge in [-0.25, -0.2) is 0 Å². The Balaban J connectivity index is -0.00000000167. The molecule has 0 aliphatic carbocycles. The van der Waals surface area contributed by atoms with Crippen LogP contribution in [0.1, 0.15) is 0 Å². The van der Waals surface area contributed by atoms with Crippen molar-refractivity contribution in [2.45, 2.75) is 0 Å². The maximum Gasteiger partial charge on any atom is -0.693 e. The van der Waals surface area contributed by atoms with Crippen LogP contribution < -0.4 is 0 Å². The fourth-order valence-corrected chi connectivity index (χ4v) is 0. The first-order chi connectivity index (χ1) is 1.00. The van der Waals surface area contributed by atoms with Gasteiger partial charge in [0, 0.05) is 0 Å². The van der Waals surface area contributed by atoms with Gasteiger partial charge in [0.05, 0.1) is 0 Å². The first-order valence-electron chi connectivity index (χ1n) is 0.134. The zero-order valence-corrected chi connectivity index (χ0v) is 5.38. The van der Waals surface area contributed by atoms with Crippen molar-refractivity contribution in [1.82, 2.24) is 0 Å². The van der Waals surface area contributed by atoms with E-state index in [4.69, 9.17) is 0 Å². The quantitative estimate of drug-likeness (QED) is 0.409. The summed E-state index contributed by atoms with van der Waals surface area (Å²) in [5.41, 5.74) is 0. The van der Waals surface area contributed by atoms with Crippen LogP contribution >= 0.6 is 9.69 Å². The third-order valence-electron chi connectivity index (χ3n) is 0. The summed E-state index contributed by atoms with van der Waals surface area (Å²) in [6.45, 7) is 0. The minimum atomic E-state index is 0. The molecule has 0 fully saturated rings. The summed E-state index contributed by atoms with van der Waals surface area (Å²) < 4.78 is 0. The van der Waals surface area contributed by atoms with Crippen molar-refractivity contribution in [3.05, 3.63) is 19.7 Å². The molecule has 0 bridgehead atoms. The number of halogens is 1. The van der Waals surface area contributed by atoms with E-state index in [1.807, 2.05) is 17.3 Å². The molecule has 0 aromatic carbocycles. The molecule has 2 nitrogen and oxygen atoms in total. The van der Waals surface area contributed by atoms with E-state index in [9.17, 15) is 0 Å². The Bertz CT molecular complexity index is 9.61. The van der Waals surface area contributed by atoms with Gasteiger partial charge in [-0.1, -0.05) is 0 Å². The first-order valence-corrected chi connectivity index (χ1v) is 2.37. The van der Waals surface area contributed by atoms with Gasteiger partial charge in [0.25, 0.3) is 0 Å². The maximum atomic E-state index is 4.57. The zero-order valence-electron chi connectivity index (χ0n) is 2.89. The molecule has 4 heteroatoms. The molecule has 0 aliphatic rings. The van der Waals surface area contributed by atoms with E-state index in [1.54, 1.807) is 0 Å². The predicted molar refractivity (Wildman–Crippen MR) is 22.8 cm³/mol. The second kappa shape index (κ2) is 102. The molecule has 0 aromatic heterocycles. The molecule has 0 aromatic rings. The molecular formula is CH7ClN2Ru. The van der Waals surface area contributed by atoms with Crippen LogP contribution in [0.3, 0.4) is 0 Å². The second-order valence-corrected chi connectivity index (χ2v) is 0. The van der Waals surface area contributed by atoms with Crippen LogP contribution in [0, 0.1) is 7.43 Å². The number of hydrogen-bond donors (Lipinski definition) is 0. The minimum absolute atomic E-state index is 0. The van der Waals surface area contributed by atoms with Crippen molar-refractivity contribution in [2.75, 3.05) is 0 Å². The number of hydrogen-bond acceptors (Lipinski definition) is 0. The van der Waals surface area contributed by atoms with Gasteiger partial charge in [-0.15, -0.1) is 0 Å². The maximum absolute atomic E-state index is 4.57. The Kier molecular flexibility index (Phi) is 829. The van der Waals surface area contributed by atoms with Gasteiger partial charge in [-0.2, -0.15) is 0 Å². The SMILES string of the molecule is [CH3-].[Cl][Ru+3].[NH2-].[NH2-]. The molecule has 0 radical (unpaired) electrons. The molecule has 0 heterocycles. The van der Waals surface area contributed by atoms with E-state index in [-0.39, 0.29) is 19.7 Å². The molecule has 0 unspecified atom stereocenters. The average molecular weight is 184 g/mol. The van der Waals surface area contributed by atoms with Crippen LogP contribution in [-0.4, -0.2) is 0 Å². The van der Waals surface area contributed by atoms with Crippen molar-refractivity contribution >= 4 is 9.69 Å². The summed E-state index contributed by atoms with van der Waals surface area (Å²) in [6, 6.07) is 0. The van der Waals surface area contributed by atoms with E-state index in [1.165, 1.54) is 0 Å². The number of rotatable bonds is 0. The molecule has 5 heavy (non-hydrogen) atoms. The summed E-state index contributed by atoms with van der Waals surface area (Å²) in [5.74, 6) is 0. The van der Waals surface area contributed by atoms with Crippen molar-refractivity contribution in [3.63, 3.8) is 0 Å². The van der Waals surface area contributed by atoms with Gasteiger partial charge in [-0.05, 0) is 0 Å². The normalized spacial score (nSPS) is 1.00. The zero-order chi connectivity index (χ0) is 2.00. The van der Waals surface area contributed by atoms with Crippen LogP contribution in [0.15, 0.2) is 0 Å². The predicted octanol–water partition coefficient (Wildman–Crippen LogP) is 2.57. The fraction of sp³-hybridized carbons (Fsp3) is 0. The standard InChI is InChI=1S/CH3.ClH.2H2N.Ru/h1H3;1H;2*1H2;/q-1;;2*-1;+4/p-1. The Morgan fingerprint density at radius 2 is 1.00 bits per heavy atom. The van der Waals surface area contributed by atoms with Gasteiger partial charge in [0.1, 0.15) is 0 Å². The van der Waals surface area contributed by atoms with Crippen LogP contribution in [0.25, 0.3) is 12.3 Å². The summed E-state index contributed by atoms with van der Waals surface area (Å²) in [5, 5.41) is 0. The van der Waals surface area contributed by atoms with Crippen molar-refractivity contribution in [3.8, 4) is 0 Å². The van der Waals surface area contributed by atoms with Crippen LogP contribution in [0.2, 0.25) is 0 Å². The molecule has 0 saturated carbocycles. The monoisotopic (exact) mass is 184 g/mol. The van der Waals surface area contributed by atoms with E-state index >= 15 is 0 Å². The van der Waals surface area contributed by atoms with E-state index < -0.39 is 0 Å². The van der Waals surface area contributed by atoms with Gasteiger partial charge in [0.15, 0.2) is 0 Å². The molecular weight excluding hydrogens is 177 g/mol. The average Bonchev–Trinajstić information content (AvgIpc) is 1.00. The van der Waals surface area contributed by atoms with Crippen molar-refractivity contribution < 1.29 is 17.3 Å². The van der Waals surface area contributed by atoms with E-state index in [0.717, 1.165) is 0 Å². The molecule has 0 amide bonds. The van der Waals surface area contributed by atoms with Crippen LogP contribution in [-0.2, 0) is 17.3 Å². The molecule has 36 valence electrons. The van der Waals surface area contributed by atoms with Gasteiger partial charge in [0.2, 0.25) is 0 Å². The van der Waals surface area contributed by atoms with Crippen molar-refractivity contribution in [2.24, 2.45) is 0 Å².